The maximum absolute atomic E-state index is 11.5. The topological polar surface area (TPSA) is 29.5 Å². The van der Waals surface area contributed by atoms with E-state index in [9.17, 15) is 4.79 Å². The summed E-state index contributed by atoms with van der Waals surface area (Å²) >= 11 is 0. The smallest absolute Gasteiger partial charge is 0.413 e. The lowest BCUT2D eigenvalue weighted by molar-refractivity contribution is 0.128. The maximum Gasteiger partial charge on any atom is 0.413 e. The third-order valence-electron chi connectivity index (χ3n) is 3.59. The van der Waals surface area contributed by atoms with E-state index < -0.39 is 0 Å². The van der Waals surface area contributed by atoms with E-state index in [4.69, 9.17) is 4.74 Å². The van der Waals surface area contributed by atoms with Gasteiger partial charge in [-0.15, -0.1) is 0 Å². The fourth-order valence-electron chi connectivity index (χ4n) is 2.48. The zero-order valence-corrected chi connectivity index (χ0v) is 11.9. The van der Waals surface area contributed by atoms with Crippen LogP contribution in [0.2, 0.25) is 0 Å². The van der Waals surface area contributed by atoms with Crippen molar-refractivity contribution in [3.63, 3.8) is 0 Å². The van der Waals surface area contributed by atoms with Gasteiger partial charge in [-0.2, -0.15) is 0 Å². The molecule has 104 valence electrons. The van der Waals surface area contributed by atoms with Gasteiger partial charge in [0.05, 0.1) is 7.11 Å². The van der Waals surface area contributed by atoms with E-state index in [0.717, 1.165) is 12.8 Å². The summed E-state index contributed by atoms with van der Waals surface area (Å²) in [4.78, 5) is 13.2. The molecule has 1 aliphatic rings. The minimum atomic E-state index is -0.225. The standard InChI is InChI=1S/C15H27NO2/c1-3-4-5-6-7-8-9-11-14-12-10-13-16(14)15(17)18-2/h10,13-14H,3-9,11-12H2,1-2H3/t14-/m1/s1. The van der Waals surface area contributed by atoms with Crippen molar-refractivity contribution in [1.29, 1.82) is 0 Å². The third-order valence-corrected chi connectivity index (χ3v) is 3.59. The van der Waals surface area contributed by atoms with Gasteiger partial charge >= 0.3 is 6.09 Å². The molecule has 0 saturated heterocycles. The predicted molar refractivity (Wildman–Crippen MR) is 74.4 cm³/mol. The highest BCUT2D eigenvalue weighted by molar-refractivity contribution is 5.69. The van der Waals surface area contributed by atoms with Crippen molar-refractivity contribution in [2.24, 2.45) is 0 Å². The van der Waals surface area contributed by atoms with E-state index in [1.54, 1.807) is 4.90 Å². The van der Waals surface area contributed by atoms with Crippen molar-refractivity contribution in [3.05, 3.63) is 12.3 Å². The molecule has 0 spiro atoms. The number of carbonyl (C=O) groups excluding carboxylic acids is 1. The molecular formula is C15H27NO2. The molecule has 3 heteroatoms. The summed E-state index contributed by atoms with van der Waals surface area (Å²) in [6, 6.07) is 0.327. The van der Waals surface area contributed by atoms with Gasteiger partial charge in [-0.1, -0.05) is 57.9 Å². The monoisotopic (exact) mass is 253 g/mol. The largest absolute Gasteiger partial charge is 0.452 e. The lowest BCUT2D eigenvalue weighted by atomic mass is 10.0. The summed E-state index contributed by atoms with van der Waals surface area (Å²) in [6.07, 6.45) is 15.0. The van der Waals surface area contributed by atoms with Gasteiger partial charge in [0, 0.05) is 12.2 Å². The number of carbonyl (C=O) groups is 1. The Morgan fingerprint density at radius 2 is 1.89 bits per heavy atom. The molecule has 0 aromatic heterocycles. The third kappa shape index (κ3) is 5.11. The molecule has 0 unspecified atom stereocenters. The highest BCUT2D eigenvalue weighted by Crippen LogP contribution is 2.21. The quantitative estimate of drug-likeness (QED) is 0.597. The average molecular weight is 253 g/mol. The minimum Gasteiger partial charge on any atom is -0.452 e. The molecule has 18 heavy (non-hydrogen) atoms. The van der Waals surface area contributed by atoms with Gasteiger partial charge in [-0.25, -0.2) is 4.79 Å². The SMILES string of the molecule is CCCCCCCCC[C@@H]1CC=CN1C(=O)OC. The van der Waals surface area contributed by atoms with Crippen LogP contribution in [0.4, 0.5) is 4.79 Å². The van der Waals surface area contributed by atoms with E-state index in [1.165, 1.54) is 52.1 Å². The lowest BCUT2D eigenvalue weighted by Gasteiger charge is -2.22. The second kappa shape index (κ2) is 9.01. The zero-order chi connectivity index (χ0) is 13.2. The molecule has 1 rings (SSSR count). The summed E-state index contributed by atoms with van der Waals surface area (Å²) in [5.41, 5.74) is 0. The molecule has 0 aromatic rings. The second-order valence-corrected chi connectivity index (χ2v) is 5.06. The van der Waals surface area contributed by atoms with E-state index in [1.807, 2.05) is 6.20 Å². The van der Waals surface area contributed by atoms with Crippen molar-refractivity contribution >= 4 is 6.09 Å². The van der Waals surface area contributed by atoms with Crippen LogP contribution < -0.4 is 0 Å². The highest BCUT2D eigenvalue weighted by atomic mass is 16.5. The summed E-state index contributed by atoms with van der Waals surface area (Å²) in [5, 5.41) is 0. The predicted octanol–water partition coefficient (Wildman–Crippen LogP) is 4.48. The van der Waals surface area contributed by atoms with Crippen LogP contribution in [0, 0.1) is 0 Å². The number of rotatable bonds is 8. The van der Waals surface area contributed by atoms with Crippen LogP contribution in [0.15, 0.2) is 12.3 Å². The van der Waals surface area contributed by atoms with Crippen molar-refractivity contribution in [1.82, 2.24) is 4.90 Å². The Morgan fingerprint density at radius 3 is 2.56 bits per heavy atom. The molecule has 0 aromatic carbocycles. The van der Waals surface area contributed by atoms with Crippen LogP contribution in [0.1, 0.15) is 64.7 Å². The molecule has 1 aliphatic heterocycles. The Balaban J connectivity index is 2.06. The van der Waals surface area contributed by atoms with Gasteiger partial charge < -0.3 is 4.74 Å². The number of hydrogen-bond donors (Lipinski definition) is 0. The summed E-state index contributed by atoms with van der Waals surface area (Å²) in [5.74, 6) is 0. The van der Waals surface area contributed by atoms with Crippen LogP contribution in [0.5, 0.6) is 0 Å². The Bertz CT molecular complexity index is 263. The summed E-state index contributed by atoms with van der Waals surface area (Å²) < 4.78 is 4.77. The first-order valence-electron chi connectivity index (χ1n) is 7.32. The van der Waals surface area contributed by atoms with Crippen molar-refractivity contribution < 1.29 is 9.53 Å². The Kier molecular flexibility index (Phi) is 7.54. The maximum atomic E-state index is 11.5. The fraction of sp³-hybridized carbons (Fsp3) is 0.800. The number of hydrogen-bond acceptors (Lipinski definition) is 2. The number of unbranched alkanes of at least 4 members (excludes halogenated alkanes) is 6. The van der Waals surface area contributed by atoms with E-state index >= 15 is 0 Å². The number of ether oxygens (including phenoxy) is 1. The van der Waals surface area contributed by atoms with Crippen LogP contribution in [-0.2, 0) is 4.74 Å². The normalized spacial score (nSPS) is 18.3. The van der Waals surface area contributed by atoms with Crippen LogP contribution in [0.3, 0.4) is 0 Å². The molecule has 1 amide bonds. The number of nitrogens with zero attached hydrogens (tertiary/aromatic N) is 1. The van der Waals surface area contributed by atoms with Crippen LogP contribution >= 0.6 is 0 Å². The number of methoxy groups -OCH3 is 1. The van der Waals surface area contributed by atoms with E-state index in [2.05, 4.69) is 13.0 Å². The molecule has 3 nitrogen and oxygen atoms in total. The van der Waals surface area contributed by atoms with Gasteiger partial charge in [-0.3, -0.25) is 4.90 Å². The summed E-state index contributed by atoms with van der Waals surface area (Å²) in [6.45, 7) is 2.24. The van der Waals surface area contributed by atoms with Gasteiger partial charge in [0.25, 0.3) is 0 Å². The van der Waals surface area contributed by atoms with Gasteiger partial charge in [-0.05, 0) is 12.8 Å². The van der Waals surface area contributed by atoms with Crippen molar-refractivity contribution in [2.45, 2.75) is 70.8 Å². The van der Waals surface area contributed by atoms with Gasteiger partial charge in [0.2, 0.25) is 0 Å². The Labute approximate surface area is 111 Å². The van der Waals surface area contributed by atoms with Gasteiger partial charge in [0.15, 0.2) is 0 Å². The van der Waals surface area contributed by atoms with Crippen molar-refractivity contribution in [3.8, 4) is 0 Å². The van der Waals surface area contributed by atoms with E-state index in [-0.39, 0.29) is 6.09 Å². The first kappa shape index (κ1) is 15.1. The zero-order valence-electron chi connectivity index (χ0n) is 11.9. The number of amides is 1. The first-order valence-corrected chi connectivity index (χ1v) is 7.32. The second-order valence-electron chi connectivity index (χ2n) is 5.06. The summed E-state index contributed by atoms with van der Waals surface area (Å²) in [7, 11) is 1.44. The molecule has 0 fully saturated rings. The minimum absolute atomic E-state index is 0.225. The Morgan fingerprint density at radius 1 is 1.22 bits per heavy atom. The van der Waals surface area contributed by atoms with Crippen molar-refractivity contribution in [2.75, 3.05) is 7.11 Å². The molecule has 1 atom stereocenters. The lowest BCUT2D eigenvalue weighted by Crippen LogP contribution is -2.32. The molecule has 0 N–H and O–H groups in total. The average Bonchev–Trinajstić information content (AvgIpc) is 2.85. The van der Waals surface area contributed by atoms with E-state index in [0.29, 0.717) is 6.04 Å². The fourth-order valence-corrected chi connectivity index (χ4v) is 2.48. The Hall–Kier alpha value is -0.990. The van der Waals surface area contributed by atoms with Gasteiger partial charge in [0.1, 0.15) is 0 Å². The van der Waals surface area contributed by atoms with Crippen LogP contribution in [0.25, 0.3) is 0 Å². The first-order chi connectivity index (χ1) is 8.79. The molecular weight excluding hydrogens is 226 g/mol. The van der Waals surface area contributed by atoms with Crippen LogP contribution in [-0.4, -0.2) is 24.1 Å². The highest BCUT2D eigenvalue weighted by Gasteiger charge is 2.24. The molecule has 1 heterocycles. The molecule has 0 saturated carbocycles. The molecule has 0 bridgehead atoms. The molecule has 0 aliphatic carbocycles. The molecule has 0 radical (unpaired) electrons.